The number of aliphatic hydroxyl groups is 1. The molecular formula is C27H24N4O4S. The highest BCUT2D eigenvalue weighted by Crippen LogP contribution is 2.44. The Morgan fingerprint density at radius 3 is 2.42 bits per heavy atom. The number of pyridine rings is 1. The van der Waals surface area contributed by atoms with Crippen LogP contribution in [0, 0.1) is 13.8 Å². The van der Waals surface area contributed by atoms with Crippen molar-refractivity contribution in [3.8, 4) is 0 Å². The monoisotopic (exact) mass is 500 g/mol. The number of Topliss-reactive ketones (excluding diaryl/α,β-unsaturated/α-hetero) is 2. The minimum atomic E-state index is -0.921. The number of rotatable bonds is 5. The fraction of sp³-hybridized carbons (Fsp3) is 0.222. The van der Waals surface area contributed by atoms with Crippen molar-refractivity contribution in [3.05, 3.63) is 87.3 Å². The van der Waals surface area contributed by atoms with E-state index in [0.717, 1.165) is 23.3 Å². The lowest BCUT2D eigenvalue weighted by Gasteiger charge is -2.23. The zero-order valence-corrected chi connectivity index (χ0v) is 21.1. The summed E-state index contributed by atoms with van der Waals surface area (Å²) in [6.45, 7) is 6.91. The molecule has 1 aliphatic heterocycles. The van der Waals surface area contributed by atoms with Gasteiger partial charge in [-0.3, -0.25) is 23.7 Å². The Hall–Kier alpha value is -4.11. The van der Waals surface area contributed by atoms with E-state index in [1.54, 1.807) is 36.6 Å². The number of carbonyl (C=O) groups excluding carboxylic acids is 3. The molecule has 0 radical (unpaired) electrons. The molecule has 0 saturated carbocycles. The first-order valence-corrected chi connectivity index (χ1v) is 12.4. The Labute approximate surface area is 211 Å². The number of aromatic nitrogens is 3. The Bertz CT molecular complexity index is 1580. The van der Waals surface area contributed by atoms with Crippen molar-refractivity contribution in [2.24, 2.45) is 0 Å². The van der Waals surface area contributed by atoms with Gasteiger partial charge < -0.3 is 5.11 Å². The van der Waals surface area contributed by atoms with E-state index in [0.29, 0.717) is 33.2 Å². The summed E-state index contributed by atoms with van der Waals surface area (Å²) in [6, 6.07) is 12.1. The average Bonchev–Trinajstić information content (AvgIpc) is 3.49. The van der Waals surface area contributed by atoms with Gasteiger partial charge in [-0.2, -0.15) is 0 Å². The summed E-state index contributed by atoms with van der Waals surface area (Å²) in [6.07, 6.45) is 2.57. The maximum absolute atomic E-state index is 13.5. The quantitative estimate of drug-likeness (QED) is 0.183. The van der Waals surface area contributed by atoms with Gasteiger partial charge in [0, 0.05) is 13.1 Å². The molecule has 4 aromatic rings. The lowest BCUT2D eigenvalue weighted by molar-refractivity contribution is -0.132. The second-order valence-electron chi connectivity index (χ2n) is 8.71. The molecule has 5 rings (SSSR count). The first-order chi connectivity index (χ1) is 17.2. The van der Waals surface area contributed by atoms with Crippen molar-refractivity contribution in [3.63, 3.8) is 0 Å². The summed E-state index contributed by atoms with van der Waals surface area (Å²) in [4.78, 5) is 49.7. The average molecular weight is 501 g/mol. The third kappa shape index (κ3) is 3.63. The van der Waals surface area contributed by atoms with Crippen LogP contribution in [0.5, 0.6) is 0 Å². The van der Waals surface area contributed by atoms with Gasteiger partial charge in [-0.1, -0.05) is 48.6 Å². The number of fused-ring (bicyclic) bond motifs is 1. The van der Waals surface area contributed by atoms with E-state index in [1.807, 2.05) is 37.3 Å². The van der Waals surface area contributed by atoms with Crippen LogP contribution in [-0.2, 0) is 16.0 Å². The Kier molecular flexibility index (Phi) is 5.80. The largest absolute Gasteiger partial charge is 0.505 e. The van der Waals surface area contributed by atoms with Gasteiger partial charge in [0.2, 0.25) is 0 Å². The Morgan fingerprint density at radius 2 is 1.78 bits per heavy atom. The minimum Gasteiger partial charge on any atom is -0.505 e. The van der Waals surface area contributed by atoms with Crippen molar-refractivity contribution in [2.45, 2.75) is 40.2 Å². The number of thiazole rings is 1. The van der Waals surface area contributed by atoms with Gasteiger partial charge in [0.25, 0.3) is 5.78 Å². The van der Waals surface area contributed by atoms with E-state index in [1.165, 1.54) is 11.8 Å². The van der Waals surface area contributed by atoms with Crippen LogP contribution in [-0.4, -0.2) is 36.9 Å². The molecule has 0 aliphatic carbocycles. The number of anilines is 1. The van der Waals surface area contributed by atoms with Gasteiger partial charge >= 0.3 is 5.91 Å². The molecule has 1 aromatic carbocycles. The summed E-state index contributed by atoms with van der Waals surface area (Å²) in [5, 5.41) is 11.8. The Balaban J connectivity index is 1.77. The number of aliphatic hydroxyl groups excluding tert-OH is 1. The van der Waals surface area contributed by atoms with Gasteiger partial charge in [-0.25, -0.2) is 9.97 Å². The molecule has 1 N–H and O–H groups in total. The molecule has 1 atom stereocenters. The van der Waals surface area contributed by atoms with Crippen LogP contribution in [0.15, 0.2) is 54.2 Å². The first-order valence-electron chi connectivity index (χ1n) is 11.5. The van der Waals surface area contributed by atoms with Gasteiger partial charge in [0.15, 0.2) is 16.7 Å². The molecule has 1 aliphatic rings. The van der Waals surface area contributed by atoms with Crippen LogP contribution >= 0.6 is 11.3 Å². The molecular weight excluding hydrogens is 476 g/mol. The van der Waals surface area contributed by atoms with Gasteiger partial charge in [-0.15, -0.1) is 0 Å². The van der Waals surface area contributed by atoms with Gasteiger partial charge in [0.05, 0.1) is 27.9 Å². The predicted octanol–water partition coefficient (Wildman–Crippen LogP) is 4.80. The fourth-order valence-electron chi connectivity index (χ4n) is 4.62. The zero-order valence-electron chi connectivity index (χ0n) is 20.3. The van der Waals surface area contributed by atoms with E-state index in [9.17, 15) is 19.5 Å². The number of benzene rings is 1. The number of aryl methyl sites for hydroxylation is 3. The van der Waals surface area contributed by atoms with Crippen molar-refractivity contribution < 1.29 is 19.5 Å². The number of imidazole rings is 1. The molecule has 1 saturated heterocycles. The summed E-state index contributed by atoms with van der Waals surface area (Å²) >= 11 is 1.06. The van der Waals surface area contributed by atoms with E-state index in [4.69, 9.17) is 0 Å². The fourth-order valence-corrected chi connectivity index (χ4v) is 5.61. The molecule has 3 aromatic heterocycles. The smallest absolute Gasteiger partial charge is 0.301 e. The van der Waals surface area contributed by atoms with Crippen LogP contribution in [0.4, 0.5) is 5.13 Å². The number of amides is 1. The zero-order chi connectivity index (χ0) is 25.7. The minimum absolute atomic E-state index is 0.0461. The maximum Gasteiger partial charge on any atom is 0.301 e. The second-order valence-corrected chi connectivity index (χ2v) is 9.68. The highest BCUT2D eigenvalue weighted by Gasteiger charge is 2.48. The van der Waals surface area contributed by atoms with Crippen molar-refractivity contribution in [1.29, 1.82) is 0 Å². The van der Waals surface area contributed by atoms with Gasteiger partial charge in [0.1, 0.15) is 11.3 Å². The van der Waals surface area contributed by atoms with Crippen LogP contribution in [0.25, 0.3) is 11.4 Å². The molecule has 4 heterocycles. The molecule has 9 heteroatoms. The molecule has 36 heavy (non-hydrogen) atoms. The number of hydrogen-bond donors (Lipinski definition) is 1. The summed E-state index contributed by atoms with van der Waals surface area (Å²) in [5.74, 6) is -2.11. The molecule has 0 bridgehead atoms. The van der Waals surface area contributed by atoms with E-state index in [2.05, 4.69) is 9.97 Å². The molecule has 1 unspecified atom stereocenters. The molecule has 8 nitrogen and oxygen atoms in total. The number of ketones is 2. The van der Waals surface area contributed by atoms with Crippen LogP contribution in [0.1, 0.15) is 57.8 Å². The van der Waals surface area contributed by atoms with Gasteiger partial charge in [-0.05, 0) is 43.5 Å². The van der Waals surface area contributed by atoms with Crippen molar-refractivity contribution >= 4 is 45.3 Å². The summed E-state index contributed by atoms with van der Waals surface area (Å²) in [7, 11) is 0. The number of carbonyl (C=O) groups is 3. The first kappa shape index (κ1) is 23.6. The highest BCUT2D eigenvalue weighted by molar-refractivity contribution is 7.18. The topological polar surface area (TPSA) is 105 Å². The molecule has 1 fully saturated rings. The van der Waals surface area contributed by atoms with Crippen LogP contribution in [0.3, 0.4) is 0 Å². The lowest BCUT2D eigenvalue weighted by Crippen LogP contribution is -2.29. The second kappa shape index (κ2) is 8.83. The van der Waals surface area contributed by atoms with Crippen molar-refractivity contribution in [1.82, 2.24) is 14.4 Å². The van der Waals surface area contributed by atoms with E-state index < -0.39 is 17.7 Å². The standard InChI is InChI=1S/C27H24N4O4S/c1-5-17-9-11-18(12-10-17)22-20(23(33)21-14(2)28-19-8-6-7-13-30(19)21)24(34)26(35)31(22)27-29-15(3)25(36-27)16(4)32/h6-13,22,33H,5H2,1-4H3. The third-order valence-corrected chi connectivity index (χ3v) is 7.65. The molecule has 1 amide bonds. The van der Waals surface area contributed by atoms with E-state index >= 15 is 0 Å². The number of hydrogen-bond acceptors (Lipinski definition) is 7. The normalized spacial score (nSPS) is 17.3. The Morgan fingerprint density at radius 1 is 1.06 bits per heavy atom. The molecule has 182 valence electrons. The molecule has 0 spiro atoms. The highest BCUT2D eigenvalue weighted by atomic mass is 32.1. The predicted molar refractivity (Wildman–Crippen MR) is 137 cm³/mol. The number of nitrogens with zero attached hydrogens (tertiary/aromatic N) is 4. The SMILES string of the molecule is CCc1ccc(C2C(=C(O)c3c(C)nc4ccccn34)C(=O)C(=O)N2c2nc(C)c(C(C)=O)s2)cc1. The third-order valence-electron chi connectivity index (χ3n) is 6.39. The van der Waals surface area contributed by atoms with Crippen molar-refractivity contribution in [2.75, 3.05) is 4.90 Å². The summed E-state index contributed by atoms with van der Waals surface area (Å²) in [5.41, 5.74) is 3.66. The van der Waals surface area contributed by atoms with Crippen LogP contribution in [0.2, 0.25) is 0 Å². The lowest BCUT2D eigenvalue weighted by atomic mass is 9.95. The summed E-state index contributed by atoms with van der Waals surface area (Å²) < 4.78 is 1.69. The van der Waals surface area contributed by atoms with E-state index in [-0.39, 0.29) is 22.2 Å². The van der Waals surface area contributed by atoms with Crippen LogP contribution < -0.4 is 4.90 Å². The maximum atomic E-state index is 13.5.